The van der Waals surface area contributed by atoms with E-state index in [1.54, 1.807) is 19.1 Å². The zero-order valence-electron chi connectivity index (χ0n) is 13.1. The average molecular weight is 334 g/mol. The first kappa shape index (κ1) is 16.0. The molecule has 122 valence electrons. The fraction of sp³-hybridized carbons (Fsp3) is 0.471. The zero-order chi connectivity index (χ0) is 16.3. The maximum atomic E-state index is 12.5. The first-order valence-corrected chi connectivity index (χ1v) is 8.31. The molecule has 1 aromatic heterocycles. The molecule has 5 nitrogen and oxygen atoms in total. The number of halogens is 1. The van der Waals surface area contributed by atoms with Gasteiger partial charge >= 0.3 is 0 Å². The number of carbonyl (C=O) groups is 1. The van der Waals surface area contributed by atoms with E-state index < -0.39 is 5.54 Å². The van der Waals surface area contributed by atoms with Crippen LogP contribution in [0.1, 0.15) is 49.4 Å². The number of hydrogen-bond acceptors (Lipinski definition) is 4. The molecule has 3 rings (SSSR count). The van der Waals surface area contributed by atoms with Crippen LogP contribution in [0.5, 0.6) is 0 Å². The lowest BCUT2D eigenvalue weighted by Crippen LogP contribution is -2.48. The van der Waals surface area contributed by atoms with Crippen LogP contribution in [0.25, 0.3) is 0 Å². The van der Waals surface area contributed by atoms with Gasteiger partial charge in [-0.1, -0.05) is 48.2 Å². The third-order valence-corrected chi connectivity index (χ3v) is 4.57. The molecule has 2 aromatic rings. The van der Waals surface area contributed by atoms with Gasteiger partial charge in [-0.2, -0.15) is 4.98 Å². The van der Waals surface area contributed by atoms with E-state index in [0.717, 1.165) is 31.2 Å². The monoisotopic (exact) mass is 333 g/mol. The van der Waals surface area contributed by atoms with Crippen molar-refractivity contribution in [3.63, 3.8) is 0 Å². The lowest BCUT2D eigenvalue weighted by molar-refractivity contribution is -0.123. The molecule has 1 saturated carbocycles. The Hall–Kier alpha value is -1.88. The number of nitrogens with zero attached hydrogens (tertiary/aromatic N) is 2. The summed E-state index contributed by atoms with van der Waals surface area (Å²) >= 11 is 5.88. The molecule has 1 heterocycles. The summed E-state index contributed by atoms with van der Waals surface area (Å²) in [6, 6.07) is 7.33. The highest BCUT2D eigenvalue weighted by atomic mass is 35.5. The molecule has 0 aliphatic heterocycles. The van der Waals surface area contributed by atoms with Gasteiger partial charge in [0, 0.05) is 11.9 Å². The molecule has 1 aromatic carbocycles. The standard InChI is InChI=1S/C17H20ClN3O2/c1-12-19-16(21-23-12)17(9-3-2-4-10-17)20-15(22)11-13-5-7-14(18)8-6-13/h5-8H,2-4,9-11H2,1H3,(H,20,22). The molecular formula is C17H20ClN3O2. The van der Waals surface area contributed by atoms with Gasteiger partial charge in [-0.15, -0.1) is 0 Å². The maximum absolute atomic E-state index is 12.5. The Bertz CT molecular complexity index is 675. The van der Waals surface area contributed by atoms with E-state index in [2.05, 4.69) is 15.5 Å². The highest BCUT2D eigenvalue weighted by Crippen LogP contribution is 2.35. The van der Waals surface area contributed by atoms with E-state index in [-0.39, 0.29) is 5.91 Å². The minimum atomic E-state index is -0.500. The second kappa shape index (κ2) is 6.71. The van der Waals surface area contributed by atoms with Crippen molar-refractivity contribution in [1.82, 2.24) is 15.5 Å². The molecule has 0 atom stereocenters. The second-order valence-corrected chi connectivity index (χ2v) is 6.57. The van der Waals surface area contributed by atoms with Crippen LogP contribution < -0.4 is 5.32 Å². The Morgan fingerprint density at radius 3 is 2.57 bits per heavy atom. The van der Waals surface area contributed by atoms with E-state index in [0.29, 0.717) is 23.2 Å². The van der Waals surface area contributed by atoms with Crippen molar-refractivity contribution < 1.29 is 9.32 Å². The number of aryl methyl sites for hydroxylation is 1. The minimum absolute atomic E-state index is 0.0309. The van der Waals surface area contributed by atoms with Crippen molar-refractivity contribution in [2.24, 2.45) is 0 Å². The van der Waals surface area contributed by atoms with Crippen LogP contribution in [0.2, 0.25) is 5.02 Å². The number of benzene rings is 1. The normalized spacial score (nSPS) is 17.0. The number of nitrogens with one attached hydrogen (secondary N) is 1. The largest absolute Gasteiger partial charge is 0.343 e. The van der Waals surface area contributed by atoms with E-state index >= 15 is 0 Å². The molecule has 0 radical (unpaired) electrons. The van der Waals surface area contributed by atoms with Crippen molar-refractivity contribution in [3.8, 4) is 0 Å². The van der Waals surface area contributed by atoms with Gasteiger partial charge < -0.3 is 9.84 Å². The second-order valence-electron chi connectivity index (χ2n) is 6.13. The summed E-state index contributed by atoms with van der Waals surface area (Å²) < 4.78 is 5.13. The summed E-state index contributed by atoms with van der Waals surface area (Å²) in [5, 5.41) is 7.90. The molecule has 23 heavy (non-hydrogen) atoms. The van der Waals surface area contributed by atoms with Gasteiger partial charge in [0.2, 0.25) is 11.8 Å². The molecule has 1 N–H and O–H groups in total. The number of aromatic nitrogens is 2. The van der Waals surface area contributed by atoms with Crippen LogP contribution in [0.3, 0.4) is 0 Å². The molecule has 6 heteroatoms. The summed E-state index contributed by atoms with van der Waals surface area (Å²) in [5.41, 5.74) is 0.432. The number of carbonyl (C=O) groups excluding carboxylic acids is 1. The van der Waals surface area contributed by atoms with E-state index in [4.69, 9.17) is 16.1 Å². The Kier molecular flexibility index (Phi) is 4.66. The third kappa shape index (κ3) is 3.72. The predicted molar refractivity (Wildman–Crippen MR) is 87.1 cm³/mol. The van der Waals surface area contributed by atoms with Gasteiger partial charge in [-0.25, -0.2) is 0 Å². The van der Waals surface area contributed by atoms with Crippen molar-refractivity contribution >= 4 is 17.5 Å². The number of rotatable bonds is 4. The molecule has 1 amide bonds. The first-order chi connectivity index (χ1) is 11.1. The molecule has 0 spiro atoms. The first-order valence-electron chi connectivity index (χ1n) is 7.94. The molecule has 0 bridgehead atoms. The topological polar surface area (TPSA) is 68.0 Å². The summed E-state index contributed by atoms with van der Waals surface area (Å²) in [6.07, 6.45) is 5.28. The van der Waals surface area contributed by atoms with Crippen LogP contribution in [0.4, 0.5) is 0 Å². The lowest BCUT2D eigenvalue weighted by Gasteiger charge is -2.35. The highest BCUT2D eigenvalue weighted by molar-refractivity contribution is 6.30. The van der Waals surface area contributed by atoms with Gasteiger partial charge in [-0.3, -0.25) is 4.79 Å². The fourth-order valence-electron chi connectivity index (χ4n) is 3.15. The van der Waals surface area contributed by atoms with Gasteiger partial charge in [0.1, 0.15) is 5.54 Å². The Balaban J connectivity index is 1.75. The van der Waals surface area contributed by atoms with E-state index in [9.17, 15) is 4.79 Å². The molecular weight excluding hydrogens is 314 g/mol. The van der Waals surface area contributed by atoms with Crippen molar-refractivity contribution in [2.75, 3.05) is 0 Å². The van der Waals surface area contributed by atoms with Crippen molar-refractivity contribution in [3.05, 3.63) is 46.6 Å². The Morgan fingerprint density at radius 1 is 1.26 bits per heavy atom. The minimum Gasteiger partial charge on any atom is -0.343 e. The van der Waals surface area contributed by atoms with Crippen LogP contribution >= 0.6 is 11.6 Å². The van der Waals surface area contributed by atoms with Crippen LogP contribution in [0, 0.1) is 6.92 Å². The number of amides is 1. The predicted octanol–water partition coefficient (Wildman–Crippen LogP) is 3.55. The molecule has 0 saturated heterocycles. The smallest absolute Gasteiger partial charge is 0.225 e. The van der Waals surface area contributed by atoms with Gasteiger partial charge in [0.15, 0.2) is 5.82 Å². The van der Waals surface area contributed by atoms with Crippen molar-refractivity contribution in [1.29, 1.82) is 0 Å². The van der Waals surface area contributed by atoms with Crippen LogP contribution in [0.15, 0.2) is 28.8 Å². The highest BCUT2D eigenvalue weighted by Gasteiger charge is 2.39. The summed E-state index contributed by atoms with van der Waals surface area (Å²) in [5.74, 6) is 1.09. The van der Waals surface area contributed by atoms with Gasteiger partial charge in [0.25, 0.3) is 0 Å². The summed E-state index contributed by atoms with van der Waals surface area (Å²) in [7, 11) is 0. The van der Waals surface area contributed by atoms with Crippen molar-refractivity contribution in [2.45, 2.75) is 51.0 Å². The molecule has 1 fully saturated rings. The molecule has 1 aliphatic carbocycles. The van der Waals surface area contributed by atoms with Gasteiger partial charge in [0.05, 0.1) is 6.42 Å². The SMILES string of the molecule is Cc1nc(C2(NC(=O)Cc3ccc(Cl)cc3)CCCCC2)no1. The van der Waals surface area contributed by atoms with E-state index in [1.165, 1.54) is 6.42 Å². The van der Waals surface area contributed by atoms with Crippen LogP contribution in [-0.2, 0) is 16.8 Å². The quantitative estimate of drug-likeness (QED) is 0.929. The average Bonchev–Trinajstić information content (AvgIpc) is 2.98. The fourth-order valence-corrected chi connectivity index (χ4v) is 3.28. The third-order valence-electron chi connectivity index (χ3n) is 4.32. The zero-order valence-corrected chi connectivity index (χ0v) is 13.9. The Labute approximate surface area is 140 Å². The van der Waals surface area contributed by atoms with Crippen LogP contribution in [-0.4, -0.2) is 16.0 Å². The summed E-state index contributed by atoms with van der Waals surface area (Å²) in [4.78, 5) is 16.9. The van der Waals surface area contributed by atoms with Gasteiger partial charge in [-0.05, 0) is 30.5 Å². The summed E-state index contributed by atoms with van der Waals surface area (Å²) in [6.45, 7) is 1.77. The van der Waals surface area contributed by atoms with E-state index in [1.807, 2.05) is 12.1 Å². The Morgan fingerprint density at radius 2 is 1.96 bits per heavy atom. The molecule has 0 unspecified atom stereocenters. The molecule has 1 aliphatic rings. The number of hydrogen-bond donors (Lipinski definition) is 1. The lowest BCUT2D eigenvalue weighted by atomic mass is 9.80. The maximum Gasteiger partial charge on any atom is 0.225 e.